The zero-order chi connectivity index (χ0) is 21.2. The van der Waals surface area contributed by atoms with Crippen LogP contribution in [-0.2, 0) is 6.54 Å². The highest BCUT2D eigenvalue weighted by atomic mass is 127. The van der Waals surface area contributed by atoms with Gasteiger partial charge in [0.2, 0.25) is 0 Å². The van der Waals surface area contributed by atoms with E-state index in [0.717, 1.165) is 34.7 Å². The molecule has 3 N–H and O–H groups in total. The smallest absolute Gasteiger partial charge is 0.191 e. The van der Waals surface area contributed by atoms with Gasteiger partial charge in [0.05, 0.1) is 25.9 Å². The Morgan fingerprint density at radius 1 is 1.10 bits per heavy atom. The van der Waals surface area contributed by atoms with E-state index in [9.17, 15) is 5.11 Å². The minimum atomic E-state index is -0.643. The van der Waals surface area contributed by atoms with Crippen molar-refractivity contribution < 1.29 is 14.6 Å². The minimum Gasteiger partial charge on any atom is -0.496 e. The monoisotopic (exact) mass is 527 g/mol. The quantitative estimate of drug-likeness (QED) is 0.259. The van der Waals surface area contributed by atoms with E-state index in [0.29, 0.717) is 19.0 Å². The lowest BCUT2D eigenvalue weighted by Gasteiger charge is -2.16. The number of ether oxygens (including phenoxy) is 2. The normalized spacial score (nSPS) is 12.2. The molecule has 30 heavy (non-hydrogen) atoms. The van der Waals surface area contributed by atoms with E-state index in [2.05, 4.69) is 21.7 Å². The van der Waals surface area contributed by atoms with E-state index in [1.165, 1.54) is 0 Å². The van der Waals surface area contributed by atoms with Gasteiger partial charge in [-0.25, -0.2) is 4.99 Å². The molecule has 1 atom stereocenters. The average Bonchev–Trinajstić information content (AvgIpc) is 2.70. The second-order valence-electron chi connectivity index (χ2n) is 7.13. The molecule has 0 amide bonds. The zero-order valence-electron chi connectivity index (χ0n) is 18.4. The molecule has 2 rings (SSSR count). The van der Waals surface area contributed by atoms with Crippen molar-refractivity contribution in [3.05, 3.63) is 59.2 Å². The fraction of sp³-hybridized carbons (Fsp3) is 0.435. The Balaban J connectivity index is 0.00000450. The van der Waals surface area contributed by atoms with Crippen LogP contribution in [0.25, 0.3) is 0 Å². The third kappa shape index (κ3) is 8.39. The summed E-state index contributed by atoms with van der Waals surface area (Å²) >= 11 is 0. The van der Waals surface area contributed by atoms with Crippen molar-refractivity contribution in [1.82, 2.24) is 10.6 Å². The van der Waals surface area contributed by atoms with Gasteiger partial charge in [-0.2, -0.15) is 0 Å². The topological polar surface area (TPSA) is 75.1 Å². The summed E-state index contributed by atoms with van der Waals surface area (Å²) in [5.41, 5.74) is 3.01. The lowest BCUT2D eigenvalue weighted by Crippen LogP contribution is -2.39. The summed E-state index contributed by atoms with van der Waals surface area (Å²) in [7, 11) is 1.67. The van der Waals surface area contributed by atoms with Gasteiger partial charge in [0.25, 0.3) is 0 Å². The first-order valence-electron chi connectivity index (χ1n) is 10.0. The predicted molar refractivity (Wildman–Crippen MR) is 133 cm³/mol. The molecule has 0 fully saturated rings. The summed E-state index contributed by atoms with van der Waals surface area (Å²) in [6, 6.07) is 13.6. The highest BCUT2D eigenvalue weighted by molar-refractivity contribution is 14.0. The van der Waals surface area contributed by atoms with Crippen LogP contribution in [-0.4, -0.2) is 37.4 Å². The van der Waals surface area contributed by atoms with Crippen molar-refractivity contribution in [1.29, 1.82) is 0 Å². The maximum Gasteiger partial charge on any atom is 0.191 e. The molecule has 0 saturated heterocycles. The first kappa shape index (κ1) is 26.0. The van der Waals surface area contributed by atoms with E-state index < -0.39 is 6.10 Å². The lowest BCUT2D eigenvalue weighted by atomic mass is 10.1. The number of nitrogens with one attached hydrogen (secondary N) is 2. The Kier molecular flexibility index (Phi) is 11.6. The SMILES string of the molecule is CCNC(=NCc1ccc(OC)c(C)c1)NCC(O)c1ccc(OC(C)C)cc1.I. The van der Waals surface area contributed by atoms with Crippen molar-refractivity contribution in [2.24, 2.45) is 4.99 Å². The lowest BCUT2D eigenvalue weighted by molar-refractivity contribution is 0.180. The van der Waals surface area contributed by atoms with Gasteiger partial charge in [-0.05, 0) is 62.6 Å². The number of aliphatic hydroxyl groups is 1. The summed E-state index contributed by atoms with van der Waals surface area (Å²) in [6.07, 6.45) is -0.518. The van der Waals surface area contributed by atoms with Crippen LogP contribution in [0.2, 0.25) is 0 Å². The molecule has 0 bridgehead atoms. The maximum atomic E-state index is 10.5. The van der Waals surface area contributed by atoms with Crippen LogP contribution in [0, 0.1) is 6.92 Å². The van der Waals surface area contributed by atoms with E-state index in [1.54, 1.807) is 7.11 Å². The van der Waals surface area contributed by atoms with Crippen LogP contribution in [0.1, 0.15) is 43.6 Å². The Hall–Kier alpha value is -2.00. The third-order valence-corrected chi connectivity index (χ3v) is 4.32. The van der Waals surface area contributed by atoms with Crippen molar-refractivity contribution >= 4 is 29.9 Å². The molecule has 6 nitrogen and oxygen atoms in total. The molecule has 0 aliphatic heterocycles. The number of hydrogen-bond acceptors (Lipinski definition) is 4. The summed E-state index contributed by atoms with van der Waals surface area (Å²) in [6.45, 7) is 9.64. The number of methoxy groups -OCH3 is 1. The van der Waals surface area contributed by atoms with Gasteiger partial charge in [-0.1, -0.05) is 24.3 Å². The first-order valence-corrected chi connectivity index (χ1v) is 10.0. The molecule has 1 unspecified atom stereocenters. The van der Waals surface area contributed by atoms with E-state index in [4.69, 9.17) is 9.47 Å². The van der Waals surface area contributed by atoms with Crippen LogP contribution in [0.3, 0.4) is 0 Å². The number of aliphatic imine (C=N–C) groups is 1. The summed E-state index contributed by atoms with van der Waals surface area (Å²) in [5, 5.41) is 16.9. The number of benzene rings is 2. The van der Waals surface area contributed by atoms with Gasteiger partial charge < -0.3 is 25.2 Å². The molecular weight excluding hydrogens is 493 g/mol. The molecule has 2 aromatic carbocycles. The largest absolute Gasteiger partial charge is 0.496 e. The number of aryl methyl sites for hydroxylation is 1. The molecule has 0 radical (unpaired) electrons. The standard InChI is InChI=1S/C23H33N3O3.HI/c1-6-24-23(25-14-18-7-12-22(28-5)17(4)13-18)26-15-21(27)19-8-10-20(11-9-19)29-16(2)3;/h7-13,16,21,27H,6,14-15H2,1-5H3,(H2,24,25,26);1H. The highest BCUT2D eigenvalue weighted by Gasteiger charge is 2.09. The van der Waals surface area contributed by atoms with Crippen LogP contribution in [0.15, 0.2) is 47.5 Å². The fourth-order valence-electron chi connectivity index (χ4n) is 2.90. The molecule has 2 aromatic rings. The molecule has 0 saturated carbocycles. The van der Waals surface area contributed by atoms with Gasteiger partial charge >= 0.3 is 0 Å². The van der Waals surface area contributed by atoms with Crippen LogP contribution in [0.5, 0.6) is 11.5 Å². The number of aliphatic hydroxyl groups excluding tert-OH is 1. The number of guanidine groups is 1. The molecule has 7 heteroatoms. The van der Waals surface area contributed by atoms with Crippen LogP contribution >= 0.6 is 24.0 Å². The van der Waals surface area contributed by atoms with Crippen molar-refractivity contribution in [3.63, 3.8) is 0 Å². The molecule has 0 aromatic heterocycles. The second kappa shape index (κ2) is 13.3. The van der Waals surface area contributed by atoms with E-state index in [-0.39, 0.29) is 30.1 Å². The Morgan fingerprint density at radius 2 is 1.80 bits per heavy atom. The van der Waals surface area contributed by atoms with Gasteiger partial charge in [-0.15, -0.1) is 24.0 Å². The molecule has 166 valence electrons. The number of rotatable bonds is 9. The van der Waals surface area contributed by atoms with E-state index >= 15 is 0 Å². The summed E-state index contributed by atoms with van der Waals surface area (Å²) in [4.78, 5) is 4.62. The molecule has 0 aliphatic carbocycles. The zero-order valence-corrected chi connectivity index (χ0v) is 20.8. The number of nitrogens with zero attached hydrogens (tertiary/aromatic N) is 1. The van der Waals surface area contributed by atoms with Crippen molar-refractivity contribution in [3.8, 4) is 11.5 Å². The molecule has 0 aliphatic rings. The van der Waals surface area contributed by atoms with Gasteiger partial charge in [0.1, 0.15) is 11.5 Å². The molecular formula is C23H34IN3O3. The van der Waals surface area contributed by atoms with Gasteiger partial charge in [-0.3, -0.25) is 0 Å². The predicted octanol–water partition coefficient (Wildman–Crippen LogP) is 4.20. The first-order chi connectivity index (χ1) is 13.9. The Morgan fingerprint density at radius 3 is 2.37 bits per heavy atom. The summed E-state index contributed by atoms with van der Waals surface area (Å²) in [5.74, 6) is 2.34. The fourth-order valence-corrected chi connectivity index (χ4v) is 2.90. The minimum absolute atomic E-state index is 0. The number of halogens is 1. The van der Waals surface area contributed by atoms with E-state index in [1.807, 2.05) is 64.1 Å². The number of hydrogen-bond donors (Lipinski definition) is 3. The molecule has 0 spiro atoms. The van der Waals surface area contributed by atoms with Gasteiger partial charge in [0, 0.05) is 13.1 Å². The molecule has 0 heterocycles. The third-order valence-electron chi connectivity index (χ3n) is 4.32. The van der Waals surface area contributed by atoms with Gasteiger partial charge in [0.15, 0.2) is 5.96 Å². The van der Waals surface area contributed by atoms with Crippen molar-refractivity contribution in [2.75, 3.05) is 20.2 Å². The Bertz CT molecular complexity index is 795. The maximum absolute atomic E-state index is 10.5. The average molecular weight is 527 g/mol. The van der Waals surface area contributed by atoms with Crippen LogP contribution < -0.4 is 20.1 Å². The van der Waals surface area contributed by atoms with Crippen LogP contribution in [0.4, 0.5) is 0 Å². The Labute approximate surface area is 197 Å². The summed E-state index contributed by atoms with van der Waals surface area (Å²) < 4.78 is 10.9. The van der Waals surface area contributed by atoms with Crippen molar-refractivity contribution in [2.45, 2.75) is 46.4 Å². The second-order valence-corrected chi connectivity index (χ2v) is 7.13. The highest BCUT2D eigenvalue weighted by Crippen LogP contribution is 2.19.